The van der Waals surface area contributed by atoms with E-state index in [1.165, 1.54) is 0 Å². The molecule has 0 aliphatic heterocycles. The number of pyridine rings is 1. The molecule has 1 aromatic carbocycles. The van der Waals surface area contributed by atoms with E-state index < -0.39 is 0 Å². The molecule has 0 saturated carbocycles. The Bertz CT molecular complexity index is 802. The molecule has 0 unspecified atom stereocenters. The molecule has 0 atom stereocenters. The molecule has 6 nitrogen and oxygen atoms in total. The molecule has 0 radical (unpaired) electrons. The zero-order chi connectivity index (χ0) is 18.0. The van der Waals surface area contributed by atoms with Crippen LogP contribution in [-0.2, 0) is 6.42 Å². The number of guanidine groups is 1. The molecule has 0 saturated heterocycles. The van der Waals surface area contributed by atoms with E-state index in [0.717, 1.165) is 36.0 Å². The van der Waals surface area contributed by atoms with Crippen molar-refractivity contribution in [2.75, 3.05) is 26.2 Å². The van der Waals surface area contributed by atoms with E-state index in [4.69, 9.17) is 4.74 Å². The van der Waals surface area contributed by atoms with Crippen LogP contribution < -0.4 is 15.4 Å². The van der Waals surface area contributed by atoms with Gasteiger partial charge in [-0.2, -0.15) is 0 Å². The molecule has 0 spiro atoms. The summed E-state index contributed by atoms with van der Waals surface area (Å²) < 4.78 is 7.72. The number of hydrogen-bond acceptors (Lipinski definition) is 3. The van der Waals surface area contributed by atoms with Gasteiger partial charge in [0.05, 0.1) is 12.2 Å². The molecule has 144 valence electrons. The SMILES string of the molecule is CCNC(=NCCc1cn2ccccc2n1)NCCOc1ccccc1.I. The maximum atomic E-state index is 5.68. The quantitative estimate of drug-likeness (QED) is 0.226. The van der Waals surface area contributed by atoms with Crippen LogP contribution in [0.1, 0.15) is 12.6 Å². The summed E-state index contributed by atoms with van der Waals surface area (Å²) in [6.07, 6.45) is 4.87. The van der Waals surface area contributed by atoms with Gasteiger partial charge < -0.3 is 19.8 Å². The first-order valence-electron chi connectivity index (χ1n) is 8.98. The first-order chi connectivity index (χ1) is 12.8. The van der Waals surface area contributed by atoms with E-state index >= 15 is 0 Å². The highest BCUT2D eigenvalue weighted by Crippen LogP contribution is 2.07. The number of fused-ring (bicyclic) bond motifs is 1. The lowest BCUT2D eigenvalue weighted by molar-refractivity contribution is 0.322. The number of para-hydroxylation sites is 1. The van der Waals surface area contributed by atoms with E-state index in [2.05, 4.69) is 33.7 Å². The van der Waals surface area contributed by atoms with Gasteiger partial charge in [-0.05, 0) is 31.2 Å². The second kappa shape index (κ2) is 11.4. The van der Waals surface area contributed by atoms with Gasteiger partial charge in [0.2, 0.25) is 0 Å². The van der Waals surface area contributed by atoms with Crippen LogP contribution in [0.5, 0.6) is 5.75 Å². The van der Waals surface area contributed by atoms with Crippen LogP contribution in [0.3, 0.4) is 0 Å². The number of benzene rings is 1. The van der Waals surface area contributed by atoms with Gasteiger partial charge in [-0.25, -0.2) is 4.98 Å². The zero-order valence-corrected chi connectivity index (χ0v) is 17.8. The highest BCUT2D eigenvalue weighted by atomic mass is 127. The smallest absolute Gasteiger partial charge is 0.191 e. The van der Waals surface area contributed by atoms with Crippen molar-refractivity contribution in [3.05, 3.63) is 66.6 Å². The van der Waals surface area contributed by atoms with Gasteiger partial charge in [0.1, 0.15) is 18.0 Å². The van der Waals surface area contributed by atoms with Gasteiger partial charge in [-0.15, -0.1) is 24.0 Å². The molecule has 3 rings (SSSR count). The highest BCUT2D eigenvalue weighted by molar-refractivity contribution is 14.0. The summed E-state index contributed by atoms with van der Waals surface area (Å²) in [4.78, 5) is 9.21. The van der Waals surface area contributed by atoms with E-state index in [1.807, 2.05) is 59.1 Å². The number of rotatable bonds is 8. The molecule has 0 fully saturated rings. The highest BCUT2D eigenvalue weighted by Gasteiger charge is 2.01. The van der Waals surface area contributed by atoms with Crippen LogP contribution in [0.15, 0.2) is 65.9 Å². The molecule has 3 aromatic rings. The molecule has 0 aliphatic carbocycles. The third-order valence-electron chi connectivity index (χ3n) is 3.80. The second-order valence-electron chi connectivity index (χ2n) is 5.80. The van der Waals surface area contributed by atoms with Gasteiger partial charge in [0.15, 0.2) is 5.96 Å². The minimum atomic E-state index is 0. The van der Waals surface area contributed by atoms with Gasteiger partial charge in [0.25, 0.3) is 0 Å². The first-order valence-corrected chi connectivity index (χ1v) is 8.98. The number of nitrogens with zero attached hydrogens (tertiary/aromatic N) is 3. The molecular weight excluding hydrogens is 453 g/mol. The van der Waals surface area contributed by atoms with Crippen LogP contribution in [0.4, 0.5) is 0 Å². The molecule has 0 amide bonds. The fourth-order valence-corrected chi connectivity index (χ4v) is 2.59. The predicted molar refractivity (Wildman–Crippen MR) is 120 cm³/mol. The Hall–Kier alpha value is -2.29. The first kappa shape index (κ1) is 21.0. The summed E-state index contributed by atoms with van der Waals surface area (Å²) in [7, 11) is 0. The summed E-state index contributed by atoms with van der Waals surface area (Å²) in [6.45, 7) is 4.83. The van der Waals surface area contributed by atoms with E-state index in [-0.39, 0.29) is 24.0 Å². The number of hydrogen-bond donors (Lipinski definition) is 2. The largest absolute Gasteiger partial charge is 0.492 e. The molecule has 0 bridgehead atoms. The second-order valence-corrected chi connectivity index (χ2v) is 5.80. The summed E-state index contributed by atoms with van der Waals surface area (Å²) in [6, 6.07) is 15.8. The fourth-order valence-electron chi connectivity index (χ4n) is 2.59. The Labute approximate surface area is 177 Å². The average Bonchev–Trinajstić information content (AvgIpc) is 3.09. The van der Waals surface area contributed by atoms with Crippen LogP contribution in [0.25, 0.3) is 5.65 Å². The minimum absolute atomic E-state index is 0. The number of aromatic nitrogens is 2. The maximum Gasteiger partial charge on any atom is 0.191 e. The Morgan fingerprint density at radius 3 is 2.70 bits per heavy atom. The third-order valence-corrected chi connectivity index (χ3v) is 3.80. The van der Waals surface area contributed by atoms with E-state index in [0.29, 0.717) is 19.7 Å². The van der Waals surface area contributed by atoms with Gasteiger partial charge in [-0.1, -0.05) is 24.3 Å². The average molecular weight is 479 g/mol. The normalized spacial score (nSPS) is 11.1. The Morgan fingerprint density at radius 2 is 1.93 bits per heavy atom. The molecule has 27 heavy (non-hydrogen) atoms. The lowest BCUT2D eigenvalue weighted by Gasteiger charge is -2.12. The molecule has 2 N–H and O–H groups in total. The third kappa shape index (κ3) is 6.74. The van der Waals surface area contributed by atoms with Crippen LogP contribution in [0.2, 0.25) is 0 Å². The minimum Gasteiger partial charge on any atom is -0.492 e. The van der Waals surface area contributed by atoms with Crippen molar-refractivity contribution in [1.29, 1.82) is 0 Å². The van der Waals surface area contributed by atoms with E-state index in [1.54, 1.807) is 0 Å². The standard InChI is InChI=1S/C20H25N5O.HI/c1-2-21-20(23-13-15-26-18-8-4-3-5-9-18)22-12-11-17-16-25-14-7-6-10-19(25)24-17;/h3-10,14,16H,2,11-13,15H2,1H3,(H2,21,22,23);1H. The van der Waals surface area contributed by atoms with Crippen molar-refractivity contribution < 1.29 is 4.74 Å². The number of halogens is 1. The van der Waals surface area contributed by atoms with Gasteiger partial charge in [0, 0.05) is 31.9 Å². The molecular formula is C20H26IN5O. The summed E-state index contributed by atoms with van der Waals surface area (Å²) >= 11 is 0. The predicted octanol–water partition coefficient (Wildman–Crippen LogP) is 3.13. The summed E-state index contributed by atoms with van der Waals surface area (Å²) in [5.41, 5.74) is 2.01. The van der Waals surface area contributed by atoms with Crippen LogP contribution in [-0.4, -0.2) is 41.6 Å². The lowest BCUT2D eigenvalue weighted by atomic mass is 10.3. The number of nitrogens with one attached hydrogen (secondary N) is 2. The van der Waals surface area contributed by atoms with Crippen molar-refractivity contribution in [3.8, 4) is 5.75 Å². The van der Waals surface area contributed by atoms with Crippen LogP contribution in [0, 0.1) is 0 Å². The lowest BCUT2D eigenvalue weighted by Crippen LogP contribution is -2.39. The van der Waals surface area contributed by atoms with Crippen molar-refractivity contribution in [2.45, 2.75) is 13.3 Å². The van der Waals surface area contributed by atoms with Crippen molar-refractivity contribution in [1.82, 2.24) is 20.0 Å². The number of aliphatic imine (C=N–C) groups is 1. The molecule has 0 aliphatic rings. The number of imidazole rings is 1. The number of ether oxygens (including phenoxy) is 1. The molecule has 2 heterocycles. The monoisotopic (exact) mass is 479 g/mol. The van der Waals surface area contributed by atoms with Crippen molar-refractivity contribution in [3.63, 3.8) is 0 Å². The summed E-state index contributed by atoms with van der Waals surface area (Å²) in [5, 5.41) is 6.54. The molecule has 2 aromatic heterocycles. The van der Waals surface area contributed by atoms with Crippen molar-refractivity contribution in [2.24, 2.45) is 4.99 Å². The maximum absolute atomic E-state index is 5.68. The Morgan fingerprint density at radius 1 is 1.11 bits per heavy atom. The Kier molecular flexibility index (Phi) is 8.90. The topological polar surface area (TPSA) is 63.0 Å². The fraction of sp³-hybridized carbons (Fsp3) is 0.300. The zero-order valence-electron chi connectivity index (χ0n) is 15.5. The molecule has 7 heteroatoms. The van der Waals surface area contributed by atoms with E-state index in [9.17, 15) is 0 Å². The van der Waals surface area contributed by atoms with Crippen LogP contribution >= 0.6 is 24.0 Å². The van der Waals surface area contributed by atoms with Gasteiger partial charge >= 0.3 is 0 Å². The van der Waals surface area contributed by atoms with Gasteiger partial charge in [-0.3, -0.25) is 4.99 Å². The Balaban J connectivity index is 0.00000261. The van der Waals surface area contributed by atoms with Crippen molar-refractivity contribution >= 4 is 35.6 Å². The summed E-state index contributed by atoms with van der Waals surface area (Å²) in [5.74, 6) is 1.68.